The van der Waals surface area contributed by atoms with Crippen LogP contribution in [-0.4, -0.2) is 48.4 Å². The van der Waals surface area contributed by atoms with Crippen LogP contribution in [0, 0.1) is 11.3 Å². The molecular formula is C13H25N3. The Morgan fingerprint density at radius 1 is 1.06 bits per heavy atom. The first-order chi connectivity index (χ1) is 7.75. The standard InChI is InChI=1S/C13H25N3/c1-12(10-15-7-4-5-8-15)11-16-9-3-2-6-13(16)14/h12,14H,2-11H2,1H3. The van der Waals surface area contributed by atoms with Crippen molar-refractivity contribution in [3.63, 3.8) is 0 Å². The van der Waals surface area contributed by atoms with Gasteiger partial charge in [0, 0.05) is 26.1 Å². The van der Waals surface area contributed by atoms with Gasteiger partial charge in [0.05, 0.1) is 5.84 Å². The van der Waals surface area contributed by atoms with Gasteiger partial charge in [0.25, 0.3) is 0 Å². The van der Waals surface area contributed by atoms with Gasteiger partial charge in [-0.05, 0) is 44.7 Å². The molecule has 0 spiro atoms. The minimum atomic E-state index is 0.705. The highest BCUT2D eigenvalue weighted by Gasteiger charge is 2.19. The lowest BCUT2D eigenvalue weighted by Crippen LogP contribution is -2.40. The van der Waals surface area contributed by atoms with Crippen LogP contribution in [0.2, 0.25) is 0 Å². The Balaban J connectivity index is 1.72. The van der Waals surface area contributed by atoms with Gasteiger partial charge in [-0.3, -0.25) is 5.41 Å². The molecule has 2 heterocycles. The van der Waals surface area contributed by atoms with Gasteiger partial charge in [0.2, 0.25) is 0 Å². The van der Waals surface area contributed by atoms with E-state index in [1.54, 1.807) is 0 Å². The minimum Gasteiger partial charge on any atom is -0.360 e. The monoisotopic (exact) mass is 223 g/mol. The molecule has 3 heteroatoms. The third-order valence-electron chi connectivity index (χ3n) is 3.77. The zero-order valence-electron chi connectivity index (χ0n) is 10.5. The van der Waals surface area contributed by atoms with Crippen LogP contribution in [0.3, 0.4) is 0 Å². The van der Waals surface area contributed by atoms with Crippen molar-refractivity contribution < 1.29 is 0 Å². The Morgan fingerprint density at radius 3 is 2.44 bits per heavy atom. The normalized spacial score (nSPS) is 25.1. The molecule has 0 aromatic carbocycles. The number of amidine groups is 1. The van der Waals surface area contributed by atoms with Crippen molar-refractivity contribution in [3.8, 4) is 0 Å². The van der Waals surface area contributed by atoms with Gasteiger partial charge in [-0.1, -0.05) is 6.92 Å². The third kappa shape index (κ3) is 3.21. The fourth-order valence-corrected chi connectivity index (χ4v) is 2.93. The van der Waals surface area contributed by atoms with Crippen molar-refractivity contribution in [1.29, 1.82) is 5.41 Å². The summed E-state index contributed by atoms with van der Waals surface area (Å²) in [5.74, 6) is 1.58. The first-order valence-electron chi connectivity index (χ1n) is 6.80. The fourth-order valence-electron chi connectivity index (χ4n) is 2.93. The first kappa shape index (κ1) is 11.9. The molecule has 1 unspecified atom stereocenters. The summed E-state index contributed by atoms with van der Waals surface area (Å²) in [6.07, 6.45) is 6.25. The lowest BCUT2D eigenvalue weighted by atomic mass is 10.1. The van der Waals surface area contributed by atoms with E-state index in [9.17, 15) is 0 Å². The van der Waals surface area contributed by atoms with E-state index in [-0.39, 0.29) is 0 Å². The summed E-state index contributed by atoms with van der Waals surface area (Å²) in [5, 5.41) is 7.94. The second-order valence-electron chi connectivity index (χ2n) is 5.46. The van der Waals surface area contributed by atoms with Gasteiger partial charge in [-0.2, -0.15) is 0 Å². The summed E-state index contributed by atoms with van der Waals surface area (Å²) in [6, 6.07) is 0. The molecule has 0 radical (unpaired) electrons. The van der Waals surface area contributed by atoms with E-state index in [4.69, 9.17) is 5.41 Å². The molecule has 0 aromatic rings. The largest absolute Gasteiger partial charge is 0.360 e. The van der Waals surface area contributed by atoms with Gasteiger partial charge in [0.1, 0.15) is 0 Å². The summed E-state index contributed by atoms with van der Waals surface area (Å²) in [7, 11) is 0. The second kappa shape index (κ2) is 5.67. The molecule has 2 saturated heterocycles. The number of rotatable bonds is 4. The van der Waals surface area contributed by atoms with Crippen LogP contribution in [0.4, 0.5) is 0 Å². The van der Waals surface area contributed by atoms with Gasteiger partial charge in [0.15, 0.2) is 0 Å². The molecule has 2 aliphatic heterocycles. The summed E-state index contributed by atoms with van der Waals surface area (Å²) in [6.45, 7) is 8.35. The first-order valence-corrected chi connectivity index (χ1v) is 6.80. The van der Waals surface area contributed by atoms with Crippen LogP contribution in [0.25, 0.3) is 0 Å². The van der Waals surface area contributed by atoms with Crippen molar-refractivity contribution in [1.82, 2.24) is 9.80 Å². The molecule has 0 bridgehead atoms. The molecule has 0 saturated carbocycles. The number of nitrogens with one attached hydrogen (secondary N) is 1. The maximum atomic E-state index is 7.94. The van der Waals surface area contributed by atoms with Crippen molar-refractivity contribution in [2.75, 3.05) is 32.7 Å². The predicted octanol–water partition coefficient (Wildman–Crippen LogP) is 2.18. The molecule has 2 rings (SSSR count). The Morgan fingerprint density at radius 2 is 1.75 bits per heavy atom. The number of piperidine rings is 1. The minimum absolute atomic E-state index is 0.705. The molecule has 1 N–H and O–H groups in total. The Bertz CT molecular complexity index is 233. The van der Waals surface area contributed by atoms with Gasteiger partial charge in [-0.15, -0.1) is 0 Å². The van der Waals surface area contributed by atoms with Crippen molar-refractivity contribution >= 4 is 5.84 Å². The highest BCUT2D eigenvalue weighted by atomic mass is 15.2. The topological polar surface area (TPSA) is 30.3 Å². The molecule has 3 nitrogen and oxygen atoms in total. The second-order valence-corrected chi connectivity index (χ2v) is 5.46. The predicted molar refractivity (Wildman–Crippen MR) is 68.0 cm³/mol. The molecule has 92 valence electrons. The molecule has 1 atom stereocenters. The Labute approximate surface area is 99.3 Å². The average molecular weight is 223 g/mol. The molecule has 16 heavy (non-hydrogen) atoms. The molecule has 0 aromatic heterocycles. The number of hydrogen-bond acceptors (Lipinski definition) is 2. The van der Waals surface area contributed by atoms with Crippen molar-refractivity contribution in [3.05, 3.63) is 0 Å². The molecule has 0 aliphatic carbocycles. The van der Waals surface area contributed by atoms with E-state index in [0.717, 1.165) is 25.3 Å². The van der Waals surface area contributed by atoms with E-state index in [1.807, 2.05) is 0 Å². The van der Waals surface area contributed by atoms with E-state index in [2.05, 4.69) is 16.7 Å². The van der Waals surface area contributed by atoms with Crippen LogP contribution in [-0.2, 0) is 0 Å². The maximum Gasteiger partial charge on any atom is 0.0957 e. The summed E-state index contributed by atoms with van der Waals surface area (Å²) in [4.78, 5) is 4.88. The average Bonchev–Trinajstić information content (AvgIpc) is 2.74. The summed E-state index contributed by atoms with van der Waals surface area (Å²) >= 11 is 0. The van der Waals surface area contributed by atoms with E-state index >= 15 is 0 Å². The SMILES string of the molecule is CC(CN1CCCC1)CN1CCCCC1=N. The Hall–Kier alpha value is -0.570. The molecule has 2 fully saturated rings. The van der Waals surface area contributed by atoms with E-state index < -0.39 is 0 Å². The third-order valence-corrected chi connectivity index (χ3v) is 3.77. The zero-order chi connectivity index (χ0) is 11.4. The van der Waals surface area contributed by atoms with Crippen molar-refractivity contribution in [2.45, 2.75) is 39.0 Å². The lowest BCUT2D eigenvalue weighted by molar-refractivity contribution is 0.242. The highest BCUT2D eigenvalue weighted by molar-refractivity contribution is 5.79. The molecule has 2 aliphatic rings. The van der Waals surface area contributed by atoms with Crippen LogP contribution >= 0.6 is 0 Å². The number of likely N-dealkylation sites (tertiary alicyclic amines) is 2. The fraction of sp³-hybridized carbons (Fsp3) is 0.923. The summed E-state index contributed by atoms with van der Waals surface area (Å²) in [5.41, 5.74) is 0. The summed E-state index contributed by atoms with van der Waals surface area (Å²) < 4.78 is 0. The van der Waals surface area contributed by atoms with Gasteiger partial charge >= 0.3 is 0 Å². The highest BCUT2D eigenvalue weighted by Crippen LogP contribution is 2.15. The van der Waals surface area contributed by atoms with E-state index in [0.29, 0.717) is 5.92 Å². The lowest BCUT2D eigenvalue weighted by Gasteiger charge is -2.32. The quantitative estimate of drug-likeness (QED) is 0.792. The smallest absolute Gasteiger partial charge is 0.0957 e. The van der Waals surface area contributed by atoms with Crippen LogP contribution in [0.5, 0.6) is 0 Å². The van der Waals surface area contributed by atoms with Gasteiger partial charge in [-0.25, -0.2) is 0 Å². The van der Waals surface area contributed by atoms with Crippen molar-refractivity contribution in [2.24, 2.45) is 5.92 Å². The van der Waals surface area contributed by atoms with E-state index in [1.165, 1.54) is 45.3 Å². The molecule has 0 amide bonds. The van der Waals surface area contributed by atoms with Gasteiger partial charge < -0.3 is 9.80 Å². The number of nitrogens with zero attached hydrogens (tertiary/aromatic N) is 2. The van der Waals surface area contributed by atoms with Crippen LogP contribution in [0.15, 0.2) is 0 Å². The van der Waals surface area contributed by atoms with Crippen LogP contribution in [0.1, 0.15) is 39.0 Å². The maximum absolute atomic E-state index is 7.94. The zero-order valence-corrected chi connectivity index (χ0v) is 10.5. The number of hydrogen-bond donors (Lipinski definition) is 1. The Kier molecular flexibility index (Phi) is 4.22. The van der Waals surface area contributed by atoms with Crippen LogP contribution < -0.4 is 0 Å². The molecular weight excluding hydrogens is 198 g/mol.